The fourth-order valence-corrected chi connectivity index (χ4v) is 3.27. The highest BCUT2D eigenvalue weighted by atomic mass is 16.3. The van der Waals surface area contributed by atoms with Crippen molar-refractivity contribution in [3.05, 3.63) is 78.9 Å². The molecule has 1 aromatic heterocycles. The minimum absolute atomic E-state index is 0.468. The van der Waals surface area contributed by atoms with Gasteiger partial charge in [0.1, 0.15) is 0 Å². The first-order valence-corrected chi connectivity index (χ1v) is 8.26. The van der Waals surface area contributed by atoms with Gasteiger partial charge in [0, 0.05) is 34.0 Å². The Hall–Kier alpha value is -2.78. The van der Waals surface area contributed by atoms with Crippen LogP contribution in [0, 0.1) is 0 Å². The molecule has 3 aromatic carbocycles. The Bertz CT molecular complexity index is 906. The Morgan fingerprint density at radius 1 is 0.750 bits per heavy atom. The van der Waals surface area contributed by atoms with Crippen LogP contribution in [0.15, 0.2) is 78.9 Å². The molecule has 0 bridgehead atoms. The second kappa shape index (κ2) is 6.38. The number of benzene rings is 3. The van der Waals surface area contributed by atoms with E-state index in [0.717, 1.165) is 16.7 Å². The van der Waals surface area contributed by atoms with Gasteiger partial charge in [-0.25, -0.2) is 0 Å². The molecule has 0 spiro atoms. The predicted octanol–water partition coefficient (Wildman–Crippen LogP) is 4.27. The zero-order chi connectivity index (χ0) is 16.4. The van der Waals surface area contributed by atoms with Crippen molar-refractivity contribution >= 4 is 27.5 Å². The van der Waals surface area contributed by atoms with E-state index in [2.05, 4.69) is 46.3 Å². The molecular formula is C21H20N2O. The maximum Gasteiger partial charge on any atom is 0.0891 e. The Morgan fingerprint density at radius 2 is 1.29 bits per heavy atom. The Kier molecular flexibility index (Phi) is 3.93. The highest BCUT2D eigenvalue weighted by molar-refractivity contribution is 6.07. The summed E-state index contributed by atoms with van der Waals surface area (Å²) in [5.41, 5.74) is 3.36. The van der Waals surface area contributed by atoms with E-state index >= 15 is 0 Å². The van der Waals surface area contributed by atoms with E-state index < -0.39 is 6.10 Å². The van der Waals surface area contributed by atoms with Crippen LogP contribution < -0.4 is 5.32 Å². The van der Waals surface area contributed by atoms with Gasteiger partial charge in [-0.2, -0.15) is 0 Å². The number of aliphatic hydroxyl groups is 1. The van der Waals surface area contributed by atoms with E-state index in [1.165, 1.54) is 10.8 Å². The van der Waals surface area contributed by atoms with E-state index in [-0.39, 0.29) is 0 Å². The molecule has 0 aliphatic rings. The minimum Gasteiger partial charge on any atom is -0.389 e. The molecule has 0 amide bonds. The summed E-state index contributed by atoms with van der Waals surface area (Å²) in [5.74, 6) is 0. The first-order valence-electron chi connectivity index (χ1n) is 8.26. The average molecular weight is 316 g/mol. The lowest BCUT2D eigenvalue weighted by molar-refractivity contribution is 0.169. The number of rotatable bonds is 5. The molecule has 2 N–H and O–H groups in total. The van der Waals surface area contributed by atoms with Crippen LogP contribution in [0.5, 0.6) is 0 Å². The van der Waals surface area contributed by atoms with Crippen molar-refractivity contribution in [2.45, 2.75) is 12.6 Å². The van der Waals surface area contributed by atoms with Crippen molar-refractivity contribution in [2.75, 3.05) is 11.9 Å². The van der Waals surface area contributed by atoms with E-state index in [1.807, 2.05) is 42.5 Å². The molecule has 1 atom stereocenters. The van der Waals surface area contributed by atoms with Gasteiger partial charge in [-0.05, 0) is 24.3 Å². The number of nitrogens with zero attached hydrogens (tertiary/aromatic N) is 1. The van der Waals surface area contributed by atoms with Crippen LogP contribution >= 0.6 is 0 Å². The first-order chi connectivity index (χ1) is 11.8. The quantitative estimate of drug-likeness (QED) is 0.577. The first kappa shape index (κ1) is 14.8. The van der Waals surface area contributed by atoms with Gasteiger partial charge in [0.05, 0.1) is 12.6 Å². The molecule has 120 valence electrons. The van der Waals surface area contributed by atoms with Crippen LogP contribution in [0.25, 0.3) is 21.8 Å². The Balaban J connectivity index is 1.61. The summed E-state index contributed by atoms with van der Waals surface area (Å²) in [7, 11) is 0. The minimum atomic E-state index is -0.468. The fraction of sp³-hybridized carbons (Fsp3) is 0.143. The number of aromatic nitrogens is 1. The molecule has 3 heteroatoms. The SMILES string of the molecule is OC(CNc1ccccc1)Cn1c2ccccc2c2ccccc21. The molecule has 4 rings (SSSR count). The number of aliphatic hydroxyl groups excluding tert-OH is 1. The lowest BCUT2D eigenvalue weighted by Crippen LogP contribution is -2.24. The lowest BCUT2D eigenvalue weighted by atomic mass is 10.2. The third kappa shape index (κ3) is 2.74. The summed E-state index contributed by atoms with van der Waals surface area (Å²) >= 11 is 0. The summed E-state index contributed by atoms with van der Waals surface area (Å²) in [6, 6.07) is 26.7. The van der Waals surface area contributed by atoms with Crippen LogP contribution in [0.2, 0.25) is 0 Å². The van der Waals surface area contributed by atoms with Crippen molar-refractivity contribution < 1.29 is 5.11 Å². The number of nitrogens with one attached hydrogen (secondary N) is 1. The fourth-order valence-electron chi connectivity index (χ4n) is 3.27. The molecule has 0 aliphatic heterocycles. The van der Waals surface area contributed by atoms with Gasteiger partial charge in [0.25, 0.3) is 0 Å². The van der Waals surface area contributed by atoms with Crippen molar-refractivity contribution in [1.82, 2.24) is 4.57 Å². The number of para-hydroxylation sites is 3. The molecular weight excluding hydrogens is 296 g/mol. The summed E-state index contributed by atoms with van der Waals surface area (Å²) in [4.78, 5) is 0. The lowest BCUT2D eigenvalue weighted by Gasteiger charge is -2.15. The third-order valence-corrected chi connectivity index (χ3v) is 4.39. The largest absolute Gasteiger partial charge is 0.389 e. The zero-order valence-corrected chi connectivity index (χ0v) is 13.4. The molecule has 0 radical (unpaired) electrons. The van der Waals surface area contributed by atoms with E-state index in [1.54, 1.807) is 0 Å². The highest BCUT2D eigenvalue weighted by Gasteiger charge is 2.13. The maximum absolute atomic E-state index is 10.5. The average Bonchev–Trinajstić information content (AvgIpc) is 2.95. The summed E-state index contributed by atoms with van der Waals surface area (Å²) < 4.78 is 2.21. The van der Waals surface area contributed by atoms with E-state index in [4.69, 9.17) is 0 Å². The van der Waals surface area contributed by atoms with E-state index in [9.17, 15) is 5.11 Å². The monoisotopic (exact) mass is 316 g/mol. The van der Waals surface area contributed by atoms with Crippen molar-refractivity contribution in [2.24, 2.45) is 0 Å². The smallest absolute Gasteiger partial charge is 0.0891 e. The van der Waals surface area contributed by atoms with E-state index in [0.29, 0.717) is 13.1 Å². The van der Waals surface area contributed by atoms with Crippen LogP contribution in [0.3, 0.4) is 0 Å². The molecule has 24 heavy (non-hydrogen) atoms. The number of anilines is 1. The van der Waals surface area contributed by atoms with Gasteiger partial charge < -0.3 is 15.0 Å². The zero-order valence-electron chi connectivity index (χ0n) is 13.4. The summed E-state index contributed by atoms with van der Waals surface area (Å²) in [5, 5.41) is 16.3. The molecule has 1 unspecified atom stereocenters. The molecule has 1 heterocycles. The molecule has 0 aliphatic carbocycles. The molecule has 3 nitrogen and oxygen atoms in total. The third-order valence-electron chi connectivity index (χ3n) is 4.39. The van der Waals surface area contributed by atoms with Crippen LogP contribution in [0.1, 0.15) is 0 Å². The molecule has 0 fully saturated rings. The molecule has 0 saturated heterocycles. The number of fused-ring (bicyclic) bond motifs is 3. The summed E-state index contributed by atoms with van der Waals surface area (Å²) in [6.45, 7) is 1.08. The van der Waals surface area contributed by atoms with Crippen molar-refractivity contribution in [3.63, 3.8) is 0 Å². The number of hydrogen-bond donors (Lipinski definition) is 2. The standard InChI is InChI=1S/C21H20N2O/c24-17(14-22-16-8-2-1-3-9-16)15-23-20-12-6-4-10-18(20)19-11-5-7-13-21(19)23/h1-13,17,22,24H,14-15H2. The molecule has 0 saturated carbocycles. The van der Waals surface area contributed by atoms with Gasteiger partial charge in [-0.3, -0.25) is 0 Å². The van der Waals surface area contributed by atoms with Crippen molar-refractivity contribution in [3.8, 4) is 0 Å². The van der Waals surface area contributed by atoms with Gasteiger partial charge >= 0.3 is 0 Å². The maximum atomic E-state index is 10.5. The van der Waals surface area contributed by atoms with Gasteiger partial charge in [-0.1, -0.05) is 54.6 Å². The Morgan fingerprint density at radius 3 is 1.92 bits per heavy atom. The van der Waals surface area contributed by atoms with Gasteiger partial charge in [0.2, 0.25) is 0 Å². The highest BCUT2D eigenvalue weighted by Crippen LogP contribution is 2.28. The molecule has 4 aromatic rings. The second-order valence-corrected chi connectivity index (χ2v) is 6.05. The second-order valence-electron chi connectivity index (χ2n) is 6.05. The van der Waals surface area contributed by atoms with Crippen LogP contribution in [0.4, 0.5) is 5.69 Å². The van der Waals surface area contributed by atoms with Gasteiger partial charge in [-0.15, -0.1) is 0 Å². The van der Waals surface area contributed by atoms with Crippen LogP contribution in [-0.4, -0.2) is 22.3 Å². The van der Waals surface area contributed by atoms with Gasteiger partial charge in [0.15, 0.2) is 0 Å². The Labute approximate surface area is 141 Å². The topological polar surface area (TPSA) is 37.2 Å². The summed E-state index contributed by atoms with van der Waals surface area (Å²) in [6.07, 6.45) is -0.468. The normalized spacial score (nSPS) is 12.5. The predicted molar refractivity (Wildman–Crippen MR) is 100 cm³/mol. The van der Waals surface area contributed by atoms with Crippen molar-refractivity contribution in [1.29, 1.82) is 0 Å². The van der Waals surface area contributed by atoms with Crippen LogP contribution in [-0.2, 0) is 6.54 Å². The number of hydrogen-bond acceptors (Lipinski definition) is 2.